The van der Waals surface area contributed by atoms with Gasteiger partial charge in [-0.15, -0.1) is 0 Å². The number of carbonyl (C=O) groups is 1. The molecule has 0 bridgehead atoms. The third kappa shape index (κ3) is 6.66. The molecular formula is C33H29ClF3N5O. The number of halogens is 4. The van der Waals surface area contributed by atoms with E-state index in [0.29, 0.717) is 53.5 Å². The molecule has 43 heavy (non-hydrogen) atoms. The van der Waals surface area contributed by atoms with Crippen molar-refractivity contribution in [3.63, 3.8) is 0 Å². The van der Waals surface area contributed by atoms with Crippen molar-refractivity contribution in [2.75, 3.05) is 31.1 Å². The maximum Gasteiger partial charge on any atom is 0.416 e. The minimum atomic E-state index is -4.42. The third-order valence-electron chi connectivity index (χ3n) is 7.70. The minimum Gasteiger partial charge on any atom is -0.366 e. The van der Waals surface area contributed by atoms with Crippen LogP contribution in [0.5, 0.6) is 0 Å². The molecule has 4 aromatic rings. The van der Waals surface area contributed by atoms with E-state index in [0.717, 1.165) is 53.2 Å². The topological polar surface area (TPSA) is 86.2 Å². The van der Waals surface area contributed by atoms with Gasteiger partial charge in [0.05, 0.1) is 17.2 Å². The van der Waals surface area contributed by atoms with Crippen molar-refractivity contribution < 1.29 is 18.0 Å². The van der Waals surface area contributed by atoms with Crippen molar-refractivity contribution in [1.29, 1.82) is 5.26 Å². The summed E-state index contributed by atoms with van der Waals surface area (Å²) in [6, 6.07) is 20.1. The number of nitrogens with two attached hydrogens (primary N) is 1. The van der Waals surface area contributed by atoms with Crippen molar-refractivity contribution in [3.05, 3.63) is 106 Å². The summed E-state index contributed by atoms with van der Waals surface area (Å²) >= 11 is 6.24. The maximum atomic E-state index is 13.2. The number of alkyl halides is 3. The summed E-state index contributed by atoms with van der Waals surface area (Å²) in [5.74, 6) is 0.207. The molecule has 0 saturated carbocycles. The van der Waals surface area contributed by atoms with Crippen molar-refractivity contribution in [1.82, 2.24) is 9.88 Å². The Balaban J connectivity index is 1.38. The number of primary amides is 1. The molecule has 3 aromatic carbocycles. The maximum absolute atomic E-state index is 13.2. The van der Waals surface area contributed by atoms with Gasteiger partial charge in [-0.3, -0.25) is 9.69 Å². The Hall–Kier alpha value is -4.39. The first-order chi connectivity index (χ1) is 20.5. The number of carbonyl (C=O) groups excluding carboxylic acids is 1. The summed E-state index contributed by atoms with van der Waals surface area (Å²) in [5, 5.41) is 9.53. The van der Waals surface area contributed by atoms with Crippen LogP contribution in [0.3, 0.4) is 0 Å². The first kappa shape index (κ1) is 30.1. The molecule has 0 unspecified atom stereocenters. The zero-order chi connectivity index (χ0) is 30.7. The highest BCUT2D eigenvalue weighted by atomic mass is 35.5. The third-order valence-corrected chi connectivity index (χ3v) is 8.07. The van der Waals surface area contributed by atoms with Gasteiger partial charge in [0.1, 0.15) is 5.82 Å². The lowest BCUT2D eigenvalue weighted by atomic mass is 9.87. The predicted octanol–water partition coefficient (Wildman–Crippen LogP) is 7.08. The standard InChI is InChI=1S/C33H29ClF3N5O/c1-21-3-10-27(32(39)43)31(30(21)23-6-4-22(18-38)5-7-23)24-8-12-29(40-19-24)42-14-2-13-41(15-16-42)20-25-17-26(33(35,36)37)9-11-28(25)34/h3-12,17,19H,2,13-16,20H2,1H3,(H2,39,43). The number of amides is 1. The quantitative estimate of drug-likeness (QED) is 0.255. The number of nitrogens with zero attached hydrogens (tertiary/aromatic N) is 4. The summed E-state index contributed by atoms with van der Waals surface area (Å²) in [6.45, 7) is 4.98. The molecule has 2 heterocycles. The summed E-state index contributed by atoms with van der Waals surface area (Å²) < 4.78 is 39.7. The van der Waals surface area contributed by atoms with Crippen molar-refractivity contribution >= 4 is 23.3 Å². The van der Waals surface area contributed by atoms with E-state index in [2.05, 4.69) is 15.9 Å². The number of hydrogen-bond acceptors (Lipinski definition) is 5. The second-order valence-electron chi connectivity index (χ2n) is 10.6. The number of pyridine rings is 1. The highest BCUT2D eigenvalue weighted by molar-refractivity contribution is 6.31. The lowest BCUT2D eigenvalue weighted by molar-refractivity contribution is -0.137. The van der Waals surface area contributed by atoms with Crippen LogP contribution >= 0.6 is 11.6 Å². The highest BCUT2D eigenvalue weighted by Gasteiger charge is 2.31. The van der Waals surface area contributed by atoms with Gasteiger partial charge in [-0.25, -0.2) is 4.98 Å². The predicted molar refractivity (Wildman–Crippen MR) is 162 cm³/mol. The number of benzene rings is 3. The normalized spacial score (nSPS) is 14.3. The van der Waals surface area contributed by atoms with Crippen LogP contribution in [0.1, 0.15) is 39.0 Å². The molecule has 2 N–H and O–H groups in total. The van der Waals surface area contributed by atoms with E-state index in [1.807, 2.05) is 37.3 Å². The van der Waals surface area contributed by atoms with E-state index in [1.54, 1.807) is 24.4 Å². The zero-order valence-corrected chi connectivity index (χ0v) is 24.2. The van der Waals surface area contributed by atoms with Crippen LogP contribution in [-0.2, 0) is 12.7 Å². The number of aromatic nitrogens is 1. The molecule has 6 nitrogen and oxygen atoms in total. The number of nitriles is 1. The van der Waals surface area contributed by atoms with Crippen LogP contribution in [0.15, 0.2) is 72.9 Å². The Morgan fingerprint density at radius 1 is 0.977 bits per heavy atom. The van der Waals surface area contributed by atoms with Crippen LogP contribution < -0.4 is 10.6 Å². The van der Waals surface area contributed by atoms with Crippen molar-refractivity contribution in [2.45, 2.75) is 26.1 Å². The molecule has 0 atom stereocenters. The van der Waals surface area contributed by atoms with Crippen molar-refractivity contribution in [3.8, 4) is 28.3 Å². The van der Waals surface area contributed by atoms with Crippen LogP contribution in [0.2, 0.25) is 5.02 Å². The van der Waals surface area contributed by atoms with Crippen LogP contribution in [0.4, 0.5) is 19.0 Å². The molecular weight excluding hydrogens is 575 g/mol. The van der Waals surface area contributed by atoms with Crippen LogP contribution in [0, 0.1) is 18.3 Å². The smallest absolute Gasteiger partial charge is 0.366 e. The van der Waals surface area contributed by atoms with Gasteiger partial charge in [0.2, 0.25) is 5.91 Å². The molecule has 220 valence electrons. The summed E-state index contributed by atoms with van der Waals surface area (Å²) in [6.07, 6.45) is -1.90. The van der Waals surface area contributed by atoms with E-state index in [4.69, 9.17) is 22.3 Å². The van der Waals surface area contributed by atoms with Gasteiger partial charge in [0.25, 0.3) is 0 Å². The molecule has 0 radical (unpaired) electrons. The van der Waals surface area contributed by atoms with Crippen LogP contribution in [-0.4, -0.2) is 42.0 Å². The second-order valence-corrected chi connectivity index (χ2v) is 11.0. The number of hydrogen-bond donors (Lipinski definition) is 1. The van der Waals surface area contributed by atoms with E-state index < -0.39 is 17.6 Å². The van der Waals surface area contributed by atoms with Gasteiger partial charge >= 0.3 is 6.18 Å². The second kappa shape index (κ2) is 12.5. The summed E-state index contributed by atoms with van der Waals surface area (Å²) in [5.41, 5.74) is 10.5. The molecule has 1 fully saturated rings. The van der Waals surface area contributed by atoms with Gasteiger partial charge in [-0.1, -0.05) is 29.8 Å². The fraction of sp³-hybridized carbons (Fsp3) is 0.242. The summed E-state index contributed by atoms with van der Waals surface area (Å²) in [4.78, 5) is 21.5. The molecule has 1 aromatic heterocycles. The molecule has 0 spiro atoms. The number of anilines is 1. The Bertz CT molecular complexity index is 1680. The van der Waals surface area contributed by atoms with E-state index in [-0.39, 0.29) is 0 Å². The van der Waals surface area contributed by atoms with Gasteiger partial charge in [0, 0.05) is 60.6 Å². The Labute approximate surface area is 253 Å². The number of aryl methyl sites for hydroxylation is 1. The van der Waals surface area contributed by atoms with E-state index in [9.17, 15) is 23.2 Å². The summed E-state index contributed by atoms with van der Waals surface area (Å²) in [7, 11) is 0. The zero-order valence-electron chi connectivity index (χ0n) is 23.5. The average molecular weight is 604 g/mol. The van der Waals surface area contributed by atoms with E-state index in [1.165, 1.54) is 6.07 Å². The SMILES string of the molecule is Cc1ccc(C(N)=O)c(-c2ccc(N3CCCN(Cc4cc(C(F)(F)F)ccc4Cl)CC3)nc2)c1-c1ccc(C#N)cc1. The van der Waals surface area contributed by atoms with Gasteiger partial charge < -0.3 is 10.6 Å². The Morgan fingerprint density at radius 3 is 2.37 bits per heavy atom. The molecule has 1 saturated heterocycles. The number of rotatable bonds is 6. The fourth-order valence-electron chi connectivity index (χ4n) is 5.49. The molecule has 0 aliphatic carbocycles. The fourth-order valence-corrected chi connectivity index (χ4v) is 5.67. The molecule has 5 rings (SSSR count). The molecule has 1 aliphatic heterocycles. The largest absolute Gasteiger partial charge is 0.416 e. The Kier molecular flexibility index (Phi) is 8.71. The highest BCUT2D eigenvalue weighted by Crippen LogP contribution is 2.38. The van der Waals surface area contributed by atoms with Gasteiger partial charge in [-0.2, -0.15) is 18.4 Å². The molecule has 1 amide bonds. The molecule has 10 heteroatoms. The van der Waals surface area contributed by atoms with Gasteiger partial charge in [-0.05, 0) is 84.1 Å². The molecule has 1 aliphatic rings. The first-order valence-electron chi connectivity index (χ1n) is 13.8. The average Bonchev–Trinajstić information content (AvgIpc) is 3.23. The lowest BCUT2D eigenvalue weighted by Crippen LogP contribution is -2.31. The first-order valence-corrected chi connectivity index (χ1v) is 14.2. The van der Waals surface area contributed by atoms with Gasteiger partial charge in [0.15, 0.2) is 0 Å². The van der Waals surface area contributed by atoms with E-state index >= 15 is 0 Å². The van der Waals surface area contributed by atoms with Crippen LogP contribution in [0.25, 0.3) is 22.3 Å². The van der Waals surface area contributed by atoms with Crippen molar-refractivity contribution in [2.24, 2.45) is 5.73 Å². The Morgan fingerprint density at radius 2 is 1.72 bits per heavy atom. The monoisotopic (exact) mass is 603 g/mol. The minimum absolute atomic E-state index is 0.318. The lowest BCUT2D eigenvalue weighted by Gasteiger charge is -2.24.